The molecule has 0 aliphatic carbocycles. The van der Waals surface area contributed by atoms with Crippen LogP contribution in [0.5, 0.6) is 0 Å². The van der Waals surface area contributed by atoms with E-state index in [4.69, 9.17) is 0 Å². The molecule has 0 radical (unpaired) electrons. The summed E-state index contributed by atoms with van der Waals surface area (Å²) in [6.07, 6.45) is -3.56. The first-order chi connectivity index (χ1) is 12.9. The van der Waals surface area contributed by atoms with Crippen molar-refractivity contribution in [3.8, 4) is 0 Å². The Morgan fingerprint density at radius 3 is 2.44 bits per heavy atom. The molecule has 0 atom stereocenters. The van der Waals surface area contributed by atoms with Crippen LogP contribution in [0, 0.1) is 6.92 Å². The molecule has 3 aromatic rings. The Bertz CT molecular complexity index is 895. The average molecular weight is 372 g/mol. The SMILES string of the molecule is Cc1cc(NCCc2ccccc2)nc(Nc2cccc(C(F)(F)F)c2)n1. The highest BCUT2D eigenvalue weighted by Crippen LogP contribution is 2.31. The molecular formula is C20H19F3N4. The van der Waals surface area contributed by atoms with Gasteiger partial charge in [-0.25, -0.2) is 4.98 Å². The molecule has 0 aliphatic heterocycles. The second kappa shape index (κ2) is 8.07. The van der Waals surface area contributed by atoms with E-state index in [-0.39, 0.29) is 11.6 Å². The molecule has 0 saturated carbocycles. The van der Waals surface area contributed by atoms with Crippen LogP contribution in [0.3, 0.4) is 0 Å². The molecule has 0 saturated heterocycles. The van der Waals surface area contributed by atoms with Crippen LogP contribution in [0.1, 0.15) is 16.8 Å². The number of nitrogens with zero attached hydrogens (tertiary/aromatic N) is 2. The Morgan fingerprint density at radius 1 is 0.926 bits per heavy atom. The van der Waals surface area contributed by atoms with Crippen molar-refractivity contribution < 1.29 is 13.2 Å². The third-order valence-electron chi connectivity index (χ3n) is 3.86. The van der Waals surface area contributed by atoms with Gasteiger partial charge in [0, 0.05) is 24.0 Å². The van der Waals surface area contributed by atoms with Gasteiger partial charge in [0.25, 0.3) is 0 Å². The fraction of sp³-hybridized carbons (Fsp3) is 0.200. The predicted molar refractivity (Wildman–Crippen MR) is 100 cm³/mol. The summed E-state index contributed by atoms with van der Waals surface area (Å²) in [7, 11) is 0. The van der Waals surface area contributed by atoms with Crippen LogP contribution in [0.25, 0.3) is 0 Å². The Hall–Kier alpha value is -3.09. The van der Waals surface area contributed by atoms with Crippen molar-refractivity contribution in [2.45, 2.75) is 19.5 Å². The van der Waals surface area contributed by atoms with Crippen molar-refractivity contribution in [1.82, 2.24) is 9.97 Å². The topological polar surface area (TPSA) is 49.8 Å². The van der Waals surface area contributed by atoms with Gasteiger partial charge < -0.3 is 10.6 Å². The highest BCUT2D eigenvalue weighted by molar-refractivity contribution is 5.56. The van der Waals surface area contributed by atoms with Crippen LogP contribution in [0.15, 0.2) is 60.7 Å². The van der Waals surface area contributed by atoms with E-state index < -0.39 is 11.7 Å². The zero-order chi connectivity index (χ0) is 19.3. The summed E-state index contributed by atoms with van der Waals surface area (Å²) in [6.45, 7) is 2.49. The molecule has 27 heavy (non-hydrogen) atoms. The molecule has 1 heterocycles. The Morgan fingerprint density at radius 2 is 1.70 bits per heavy atom. The number of anilines is 3. The van der Waals surface area contributed by atoms with Crippen molar-refractivity contribution in [2.75, 3.05) is 17.2 Å². The highest BCUT2D eigenvalue weighted by Gasteiger charge is 2.30. The molecule has 0 spiro atoms. The van der Waals surface area contributed by atoms with Gasteiger partial charge >= 0.3 is 6.18 Å². The van der Waals surface area contributed by atoms with Gasteiger partial charge in [0.15, 0.2) is 0 Å². The van der Waals surface area contributed by atoms with Crippen LogP contribution in [0.2, 0.25) is 0 Å². The minimum absolute atomic E-state index is 0.247. The Labute approximate surface area is 155 Å². The van der Waals surface area contributed by atoms with Crippen molar-refractivity contribution >= 4 is 17.5 Å². The second-order valence-electron chi connectivity index (χ2n) is 6.08. The molecule has 0 bridgehead atoms. The van der Waals surface area contributed by atoms with Gasteiger partial charge in [0.05, 0.1) is 5.56 Å². The summed E-state index contributed by atoms with van der Waals surface area (Å²) >= 11 is 0. The first-order valence-electron chi connectivity index (χ1n) is 8.48. The minimum atomic E-state index is -4.39. The second-order valence-corrected chi connectivity index (χ2v) is 6.08. The number of rotatable bonds is 6. The van der Waals surface area contributed by atoms with E-state index in [1.54, 1.807) is 19.1 Å². The third kappa shape index (κ3) is 5.44. The van der Waals surface area contributed by atoms with E-state index >= 15 is 0 Å². The lowest BCUT2D eigenvalue weighted by Crippen LogP contribution is -2.09. The summed E-state index contributed by atoms with van der Waals surface area (Å²) < 4.78 is 38.5. The lowest BCUT2D eigenvalue weighted by Gasteiger charge is -2.12. The highest BCUT2D eigenvalue weighted by atomic mass is 19.4. The number of hydrogen-bond donors (Lipinski definition) is 2. The number of hydrogen-bond acceptors (Lipinski definition) is 4. The lowest BCUT2D eigenvalue weighted by atomic mass is 10.1. The maximum Gasteiger partial charge on any atom is 0.416 e. The van der Waals surface area contributed by atoms with E-state index in [1.807, 2.05) is 30.3 Å². The van der Waals surface area contributed by atoms with Crippen molar-refractivity contribution in [1.29, 1.82) is 0 Å². The summed E-state index contributed by atoms with van der Waals surface area (Å²) in [5, 5.41) is 6.07. The summed E-state index contributed by atoms with van der Waals surface area (Å²) in [5.41, 5.74) is 1.48. The van der Waals surface area contributed by atoms with Gasteiger partial charge in [-0.2, -0.15) is 18.2 Å². The number of aromatic nitrogens is 2. The first-order valence-corrected chi connectivity index (χ1v) is 8.48. The molecule has 0 amide bonds. The normalized spacial score (nSPS) is 11.3. The molecule has 4 nitrogen and oxygen atoms in total. The molecular weight excluding hydrogens is 353 g/mol. The van der Waals surface area contributed by atoms with Crippen molar-refractivity contribution in [3.63, 3.8) is 0 Å². The number of halogens is 3. The molecule has 2 aromatic carbocycles. The Kier molecular flexibility index (Phi) is 5.59. The van der Waals surface area contributed by atoms with Gasteiger partial charge in [-0.05, 0) is 37.1 Å². The molecule has 1 aromatic heterocycles. The van der Waals surface area contributed by atoms with E-state index in [1.165, 1.54) is 11.6 Å². The lowest BCUT2D eigenvalue weighted by molar-refractivity contribution is -0.137. The number of aryl methyl sites for hydroxylation is 1. The van der Waals surface area contributed by atoms with Gasteiger partial charge in [-0.1, -0.05) is 36.4 Å². The molecule has 7 heteroatoms. The molecule has 0 fully saturated rings. The monoisotopic (exact) mass is 372 g/mol. The smallest absolute Gasteiger partial charge is 0.370 e. The summed E-state index contributed by atoms with van der Waals surface area (Å²) in [5.74, 6) is 0.865. The largest absolute Gasteiger partial charge is 0.416 e. The maximum atomic E-state index is 12.8. The number of nitrogens with one attached hydrogen (secondary N) is 2. The number of alkyl halides is 3. The quantitative estimate of drug-likeness (QED) is 0.624. The van der Waals surface area contributed by atoms with Gasteiger partial charge in [0.2, 0.25) is 5.95 Å². The molecule has 0 aliphatic rings. The zero-order valence-electron chi connectivity index (χ0n) is 14.7. The van der Waals surface area contributed by atoms with Crippen LogP contribution >= 0.6 is 0 Å². The fourth-order valence-electron chi connectivity index (χ4n) is 2.60. The predicted octanol–water partition coefficient (Wildman–Crippen LogP) is 5.20. The van der Waals surface area contributed by atoms with Crippen LogP contribution < -0.4 is 10.6 Å². The molecule has 0 unspecified atom stereocenters. The van der Waals surface area contributed by atoms with E-state index in [9.17, 15) is 13.2 Å². The zero-order valence-corrected chi connectivity index (χ0v) is 14.7. The van der Waals surface area contributed by atoms with Crippen molar-refractivity contribution in [3.05, 3.63) is 77.5 Å². The van der Waals surface area contributed by atoms with Gasteiger partial charge in [0.1, 0.15) is 5.82 Å². The summed E-state index contributed by atoms with van der Waals surface area (Å²) in [6, 6.07) is 16.8. The van der Waals surface area contributed by atoms with Crippen LogP contribution in [0.4, 0.5) is 30.6 Å². The van der Waals surface area contributed by atoms with Crippen molar-refractivity contribution in [2.24, 2.45) is 0 Å². The van der Waals surface area contributed by atoms with E-state index in [2.05, 4.69) is 20.6 Å². The third-order valence-corrected chi connectivity index (χ3v) is 3.86. The first kappa shape index (κ1) is 18.7. The van der Waals surface area contributed by atoms with Gasteiger partial charge in [-0.15, -0.1) is 0 Å². The average Bonchev–Trinajstić information content (AvgIpc) is 2.62. The summed E-state index contributed by atoms with van der Waals surface area (Å²) in [4.78, 5) is 8.58. The van der Waals surface area contributed by atoms with Gasteiger partial charge in [-0.3, -0.25) is 0 Å². The maximum absolute atomic E-state index is 12.8. The minimum Gasteiger partial charge on any atom is -0.370 e. The standard InChI is InChI=1S/C20H19F3N4/c1-14-12-18(24-11-10-15-6-3-2-4-7-15)27-19(25-14)26-17-9-5-8-16(13-17)20(21,22)23/h2-9,12-13H,10-11H2,1H3,(H2,24,25,26,27). The van der Waals surface area contributed by atoms with E-state index in [0.717, 1.165) is 18.6 Å². The number of benzene rings is 2. The van der Waals surface area contributed by atoms with Crippen LogP contribution in [-0.2, 0) is 12.6 Å². The molecule has 3 rings (SSSR count). The molecule has 140 valence electrons. The Balaban J connectivity index is 1.68. The van der Waals surface area contributed by atoms with E-state index in [0.29, 0.717) is 18.1 Å². The molecule has 2 N–H and O–H groups in total. The van der Waals surface area contributed by atoms with Crippen LogP contribution in [-0.4, -0.2) is 16.5 Å². The fourth-order valence-corrected chi connectivity index (χ4v) is 2.60.